The molecular weight excluding hydrogens is 222 g/mol. The van der Waals surface area contributed by atoms with Gasteiger partial charge in [0.25, 0.3) is 0 Å². The average Bonchev–Trinajstić information content (AvgIpc) is 2.30. The molecule has 0 aliphatic rings. The SMILES string of the molecule is CC[C@H](C)N(C)C(=O)Cc1ccc(Cl)cc1. The first-order chi connectivity index (χ1) is 7.54. The van der Waals surface area contributed by atoms with E-state index in [2.05, 4.69) is 13.8 Å². The van der Waals surface area contributed by atoms with E-state index in [1.807, 2.05) is 31.3 Å². The molecule has 1 amide bonds. The Bertz CT molecular complexity index is 347. The first-order valence-corrected chi connectivity index (χ1v) is 5.92. The number of rotatable bonds is 4. The fourth-order valence-electron chi connectivity index (χ4n) is 1.42. The summed E-state index contributed by atoms with van der Waals surface area (Å²) in [5.74, 6) is 0.150. The number of hydrogen-bond donors (Lipinski definition) is 0. The lowest BCUT2D eigenvalue weighted by Crippen LogP contribution is -2.35. The molecule has 0 fully saturated rings. The molecule has 88 valence electrons. The number of carbonyl (C=O) groups excluding carboxylic acids is 1. The van der Waals surface area contributed by atoms with Crippen LogP contribution >= 0.6 is 11.6 Å². The van der Waals surface area contributed by atoms with Crippen LogP contribution in [0.2, 0.25) is 5.02 Å². The van der Waals surface area contributed by atoms with Gasteiger partial charge in [0.05, 0.1) is 6.42 Å². The van der Waals surface area contributed by atoms with Crippen LogP contribution < -0.4 is 0 Å². The third kappa shape index (κ3) is 3.53. The second kappa shape index (κ2) is 5.90. The summed E-state index contributed by atoms with van der Waals surface area (Å²) in [6, 6.07) is 7.70. The van der Waals surface area contributed by atoms with Crippen LogP contribution in [-0.2, 0) is 11.2 Å². The lowest BCUT2D eigenvalue weighted by Gasteiger charge is -2.23. The van der Waals surface area contributed by atoms with Crippen LogP contribution in [-0.4, -0.2) is 23.9 Å². The predicted molar refractivity (Wildman–Crippen MR) is 67.7 cm³/mol. The maximum atomic E-state index is 11.9. The van der Waals surface area contributed by atoms with E-state index in [0.717, 1.165) is 12.0 Å². The van der Waals surface area contributed by atoms with Gasteiger partial charge in [-0.3, -0.25) is 4.79 Å². The summed E-state index contributed by atoms with van der Waals surface area (Å²) in [7, 11) is 1.85. The molecule has 0 saturated heterocycles. The zero-order chi connectivity index (χ0) is 12.1. The van der Waals surface area contributed by atoms with Gasteiger partial charge in [0.1, 0.15) is 0 Å². The smallest absolute Gasteiger partial charge is 0.226 e. The van der Waals surface area contributed by atoms with Gasteiger partial charge < -0.3 is 4.90 Å². The van der Waals surface area contributed by atoms with Crippen LogP contribution in [0, 0.1) is 0 Å². The van der Waals surface area contributed by atoms with Crippen molar-refractivity contribution in [3.63, 3.8) is 0 Å². The molecule has 0 saturated carbocycles. The Balaban J connectivity index is 2.60. The monoisotopic (exact) mass is 239 g/mol. The van der Waals surface area contributed by atoms with E-state index < -0.39 is 0 Å². The fraction of sp³-hybridized carbons (Fsp3) is 0.462. The maximum absolute atomic E-state index is 11.9. The topological polar surface area (TPSA) is 20.3 Å². The number of likely N-dealkylation sites (N-methyl/N-ethyl adjacent to an activating group) is 1. The second-order valence-electron chi connectivity index (χ2n) is 4.07. The Morgan fingerprint density at radius 2 is 1.94 bits per heavy atom. The summed E-state index contributed by atoms with van der Waals surface area (Å²) in [5.41, 5.74) is 1.00. The van der Waals surface area contributed by atoms with Crippen molar-refractivity contribution < 1.29 is 4.79 Å². The van der Waals surface area contributed by atoms with Crippen molar-refractivity contribution in [1.82, 2.24) is 4.90 Å². The fourth-order valence-corrected chi connectivity index (χ4v) is 1.55. The molecule has 2 nitrogen and oxygen atoms in total. The highest BCUT2D eigenvalue weighted by molar-refractivity contribution is 6.30. The van der Waals surface area contributed by atoms with Crippen molar-refractivity contribution in [2.24, 2.45) is 0 Å². The minimum Gasteiger partial charge on any atom is -0.343 e. The number of amides is 1. The van der Waals surface area contributed by atoms with E-state index in [9.17, 15) is 4.79 Å². The Kier molecular flexibility index (Phi) is 4.81. The molecule has 0 bridgehead atoms. The Morgan fingerprint density at radius 3 is 2.44 bits per heavy atom. The first-order valence-electron chi connectivity index (χ1n) is 5.54. The number of hydrogen-bond acceptors (Lipinski definition) is 1. The van der Waals surface area contributed by atoms with Gasteiger partial charge in [-0.05, 0) is 31.0 Å². The maximum Gasteiger partial charge on any atom is 0.226 e. The molecule has 0 aromatic heterocycles. The summed E-state index contributed by atoms with van der Waals surface area (Å²) in [6.45, 7) is 4.14. The van der Waals surface area contributed by atoms with Gasteiger partial charge in [0.2, 0.25) is 5.91 Å². The van der Waals surface area contributed by atoms with E-state index >= 15 is 0 Å². The number of benzene rings is 1. The molecule has 0 unspecified atom stereocenters. The first kappa shape index (κ1) is 13.0. The molecule has 0 heterocycles. The third-order valence-corrected chi connectivity index (χ3v) is 3.17. The van der Waals surface area contributed by atoms with Crippen LogP contribution in [0.1, 0.15) is 25.8 Å². The molecule has 1 aromatic rings. The Hall–Kier alpha value is -1.02. The highest BCUT2D eigenvalue weighted by Gasteiger charge is 2.14. The van der Waals surface area contributed by atoms with E-state index in [1.165, 1.54) is 0 Å². The van der Waals surface area contributed by atoms with E-state index in [4.69, 9.17) is 11.6 Å². The van der Waals surface area contributed by atoms with Crippen molar-refractivity contribution in [3.05, 3.63) is 34.9 Å². The minimum atomic E-state index is 0.150. The van der Waals surface area contributed by atoms with Crippen molar-refractivity contribution in [2.75, 3.05) is 7.05 Å². The predicted octanol–water partition coefficient (Wildman–Crippen LogP) is 3.14. The molecular formula is C13H18ClNO. The highest BCUT2D eigenvalue weighted by Crippen LogP contribution is 2.11. The second-order valence-corrected chi connectivity index (χ2v) is 4.50. The van der Waals surface area contributed by atoms with Gasteiger partial charge in [-0.15, -0.1) is 0 Å². The lowest BCUT2D eigenvalue weighted by atomic mass is 10.1. The summed E-state index contributed by atoms with van der Waals surface area (Å²) >= 11 is 5.79. The summed E-state index contributed by atoms with van der Waals surface area (Å²) in [4.78, 5) is 13.7. The number of halogens is 1. The van der Waals surface area contributed by atoms with Gasteiger partial charge >= 0.3 is 0 Å². The average molecular weight is 240 g/mol. The van der Waals surface area contributed by atoms with Gasteiger partial charge in [-0.1, -0.05) is 30.7 Å². The molecule has 1 aromatic carbocycles. The van der Waals surface area contributed by atoms with Crippen LogP contribution in [0.5, 0.6) is 0 Å². The van der Waals surface area contributed by atoms with E-state index in [-0.39, 0.29) is 5.91 Å². The molecule has 0 aliphatic carbocycles. The lowest BCUT2D eigenvalue weighted by molar-refractivity contribution is -0.130. The van der Waals surface area contributed by atoms with Crippen molar-refractivity contribution in [2.45, 2.75) is 32.7 Å². The molecule has 16 heavy (non-hydrogen) atoms. The number of nitrogens with zero attached hydrogens (tertiary/aromatic N) is 1. The number of carbonyl (C=O) groups is 1. The Morgan fingerprint density at radius 1 is 1.38 bits per heavy atom. The van der Waals surface area contributed by atoms with Crippen molar-refractivity contribution >= 4 is 17.5 Å². The van der Waals surface area contributed by atoms with Crippen LogP contribution in [0.25, 0.3) is 0 Å². The molecule has 1 rings (SSSR count). The summed E-state index contributed by atoms with van der Waals surface area (Å²) < 4.78 is 0. The van der Waals surface area contributed by atoms with E-state index in [0.29, 0.717) is 17.5 Å². The zero-order valence-corrected chi connectivity index (χ0v) is 10.8. The normalized spacial score (nSPS) is 12.2. The largest absolute Gasteiger partial charge is 0.343 e. The van der Waals surface area contributed by atoms with Gasteiger partial charge in [0, 0.05) is 18.1 Å². The van der Waals surface area contributed by atoms with Crippen LogP contribution in [0.4, 0.5) is 0 Å². The standard InChI is InChI=1S/C13H18ClNO/c1-4-10(2)15(3)13(16)9-11-5-7-12(14)8-6-11/h5-8,10H,4,9H2,1-3H3/t10-/m0/s1. The van der Waals surface area contributed by atoms with Crippen LogP contribution in [0.15, 0.2) is 24.3 Å². The summed E-state index contributed by atoms with van der Waals surface area (Å²) in [6.07, 6.45) is 1.42. The van der Waals surface area contributed by atoms with Gasteiger partial charge in [0.15, 0.2) is 0 Å². The van der Waals surface area contributed by atoms with Crippen LogP contribution in [0.3, 0.4) is 0 Å². The molecule has 0 N–H and O–H groups in total. The zero-order valence-electron chi connectivity index (χ0n) is 10.0. The quantitative estimate of drug-likeness (QED) is 0.791. The minimum absolute atomic E-state index is 0.150. The third-order valence-electron chi connectivity index (χ3n) is 2.91. The molecule has 1 atom stereocenters. The van der Waals surface area contributed by atoms with Crippen molar-refractivity contribution in [3.8, 4) is 0 Å². The molecule has 0 radical (unpaired) electrons. The van der Waals surface area contributed by atoms with Crippen molar-refractivity contribution in [1.29, 1.82) is 0 Å². The van der Waals surface area contributed by atoms with E-state index in [1.54, 1.807) is 4.90 Å². The Labute approximate surface area is 102 Å². The summed E-state index contributed by atoms with van der Waals surface area (Å²) in [5, 5.41) is 0.700. The molecule has 0 spiro atoms. The molecule has 0 aliphatic heterocycles. The van der Waals surface area contributed by atoms with Gasteiger partial charge in [-0.2, -0.15) is 0 Å². The van der Waals surface area contributed by atoms with Gasteiger partial charge in [-0.25, -0.2) is 0 Å². The highest BCUT2D eigenvalue weighted by atomic mass is 35.5. The molecule has 3 heteroatoms.